The minimum Gasteiger partial charge on any atom is -0.369 e. The Labute approximate surface area is 120 Å². The lowest BCUT2D eigenvalue weighted by molar-refractivity contribution is -0.129. The molecule has 2 rings (SSSR count). The van der Waals surface area contributed by atoms with Gasteiger partial charge in [0, 0.05) is 19.7 Å². The molecule has 0 atom stereocenters. The average Bonchev–Trinajstić information content (AvgIpc) is 2.65. The lowest BCUT2D eigenvalue weighted by Gasteiger charge is -2.23. The number of nitrogens with one attached hydrogen (secondary N) is 1. The Bertz CT molecular complexity index is 681. The fourth-order valence-corrected chi connectivity index (χ4v) is 2.27. The van der Waals surface area contributed by atoms with E-state index in [9.17, 15) is 9.18 Å². The molecule has 1 heterocycles. The van der Waals surface area contributed by atoms with Crippen molar-refractivity contribution in [2.75, 3.05) is 12.8 Å². The number of carbonyl (C=O) groups excluding carboxylic acids is 1. The number of nitrogen functional groups attached to an aromatic ring is 1. The SMILES string of the molecule is CNC(=O)C(C)(C)Cn1c(N)nc2cc(F)c(Cl)cc21. The Morgan fingerprint density at radius 2 is 2.20 bits per heavy atom. The number of nitrogens with zero attached hydrogens (tertiary/aromatic N) is 2. The van der Waals surface area contributed by atoms with Crippen LogP contribution in [0.1, 0.15) is 13.8 Å². The van der Waals surface area contributed by atoms with E-state index >= 15 is 0 Å². The highest BCUT2D eigenvalue weighted by molar-refractivity contribution is 6.31. The summed E-state index contributed by atoms with van der Waals surface area (Å²) < 4.78 is 15.1. The number of imidazole rings is 1. The number of nitrogens with two attached hydrogens (primary N) is 1. The third kappa shape index (κ3) is 2.43. The molecule has 0 aliphatic rings. The summed E-state index contributed by atoms with van der Waals surface area (Å²) in [5.74, 6) is -0.444. The Kier molecular flexibility index (Phi) is 3.60. The minimum atomic E-state index is -0.683. The number of rotatable bonds is 3. The van der Waals surface area contributed by atoms with Crippen molar-refractivity contribution in [3.63, 3.8) is 0 Å². The average molecular weight is 299 g/mol. The van der Waals surface area contributed by atoms with E-state index < -0.39 is 11.2 Å². The van der Waals surface area contributed by atoms with E-state index in [-0.39, 0.29) is 16.9 Å². The molecule has 7 heteroatoms. The van der Waals surface area contributed by atoms with Crippen molar-refractivity contribution >= 4 is 34.5 Å². The van der Waals surface area contributed by atoms with Gasteiger partial charge in [-0.15, -0.1) is 0 Å². The van der Waals surface area contributed by atoms with Crippen LogP contribution in [0.3, 0.4) is 0 Å². The second-order valence-corrected chi connectivity index (χ2v) is 5.68. The maximum atomic E-state index is 13.4. The number of benzene rings is 1. The Morgan fingerprint density at radius 3 is 2.80 bits per heavy atom. The van der Waals surface area contributed by atoms with Gasteiger partial charge in [0.15, 0.2) is 0 Å². The Balaban J connectivity index is 2.52. The van der Waals surface area contributed by atoms with Gasteiger partial charge in [-0.2, -0.15) is 0 Å². The molecular formula is C13H16ClFN4O. The fourth-order valence-electron chi connectivity index (χ4n) is 2.11. The fraction of sp³-hybridized carbons (Fsp3) is 0.385. The maximum Gasteiger partial charge on any atom is 0.227 e. The maximum absolute atomic E-state index is 13.4. The third-order valence-corrected chi connectivity index (χ3v) is 3.50. The summed E-state index contributed by atoms with van der Waals surface area (Å²) in [6.45, 7) is 3.90. The molecule has 0 radical (unpaired) electrons. The number of amides is 1. The van der Waals surface area contributed by atoms with Gasteiger partial charge < -0.3 is 15.6 Å². The van der Waals surface area contributed by atoms with Crippen LogP contribution in [-0.2, 0) is 11.3 Å². The quantitative estimate of drug-likeness (QED) is 0.912. The van der Waals surface area contributed by atoms with Crippen LogP contribution in [0.2, 0.25) is 5.02 Å². The molecule has 0 unspecified atom stereocenters. The monoisotopic (exact) mass is 298 g/mol. The van der Waals surface area contributed by atoms with Crippen LogP contribution < -0.4 is 11.1 Å². The molecule has 1 amide bonds. The molecule has 0 bridgehead atoms. The summed E-state index contributed by atoms with van der Waals surface area (Å²) in [7, 11) is 1.58. The molecule has 1 aromatic heterocycles. The van der Waals surface area contributed by atoms with E-state index in [0.29, 0.717) is 17.6 Å². The molecule has 0 aliphatic carbocycles. The van der Waals surface area contributed by atoms with Gasteiger partial charge >= 0.3 is 0 Å². The Morgan fingerprint density at radius 1 is 1.55 bits per heavy atom. The zero-order chi connectivity index (χ0) is 15.1. The zero-order valence-electron chi connectivity index (χ0n) is 11.5. The van der Waals surface area contributed by atoms with Crippen molar-refractivity contribution in [1.82, 2.24) is 14.9 Å². The van der Waals surface area contributed by atoms with E-state index in [4.69, 9.17) is 17.3 Å². The summed E-state index contributed by atoms with van der Waals surface area (Å²) in [5, 5.41) is 2.60. The molecule has 108 valence electrons. The predicted octanol–water partition coefficient (Wildman–Crippen LogP) is 2.18. The molecule has 0 spiro atoms. The lowest BCUT2D eigenvalue weighted by Crippen LogP contribution is -2.37. The van der Waals surface area contributed by atoms with Crippen LogP contribution in [0.15, 0.2) is 12.1 Å². The van der Waals surface area contributed by atoms with Gasteiger partial charge in [0.05, 0.1) is 21.5 Å². The van der Waals surface area contributed by atoms with Crippen LogP contribution in [0.5, 0.6) is 0 Å². The molecule has 0 saturated heterocycles. The van der Waals surface area contributed by atoms with E-state index in [1.54, 1.807) is 25.5 Å². The van der Waals surface area contributed by atoms with Crippen LogP contribution in [0, 0.1) is 11.2 Å². The van der Waals surface area contributed by atoms with Crippen LogP contribution >= 0.6 is 11.6 Å². The van der Waals surface area contributed by atoms with Crippen molar-refractivity contribution < 1.29 is 9.18 Å². The molecule has 0 saturated carbocycles. The highest BCUT2D eigenvalue weighted by atomic mass is 35.5. The second kappa shape index (κ2) is 4.94. The van der Waals surface area contributed by atoms with Crippen LogP contribution in [0.4, 0.5) is 10.3 Å². The number of aromatic nitrogens is 2. The van der Waals surface area contributed by atoms with Gasteiger partial charge in [-0.1, -0.05) is 11.6 Å². The van der Waals surface area contributed by atoms with Gasteiger partial charge in [-0.3, -0.25) is 4.79 Å². The predicted molar refractivity (Wildman–Crippen MR) is 77.0 cm³/mol. The van der Waals surface area contributed by atoms with Gasteiger partial charge in [0.1, 0.15) is 5.82 Å². The van der Waals surface area contributed by atoms with Crippen molar-refractivity contribution in [3.05, 3.63) is 23.0 Å². The largest absolute Gasteiger partial charge is 0.369 e. The minimum absolute atomic E-state index is 0.00333. The van der Waals surface area contributed by atoms with Crippen molar-refractivity contribution in [3.8, 4) is 0 Å². The van der Waals surface area contributed by atoms with E-state index in [1.165, 1.54) is 12.1 Å². The number of halogens is 2. The zero-order valence-corrected chi connectivity index (χ0v) is 12.3. The highest BCUT2D eigenvalue weighted by Crippen LogP contribution is 2.28. The molecule has 20 heavy (non-hydrogen) atoms. The third-order valence-electron chi connectivity index (χ3n) is 3.21. The number of anilines is 1. The van der Waals surface area contributed by atoms with Crippen molar-refractivity contribution in [2.24, 2.45) is 5.41 Å². The van der Waals surface area contributed by atoms with Gasteiger partial charge in [-0.05, 0) is 19.9 Å². The molecule has 3 N–H and O–H groups in total. The summed E-state index contributed by atoms with van der Waals surface area (Å²) in [4.78, 5) is 16.0. The molecule has 5 nitrogen and oxygen atoms in total. The first kappa shape index (κ1) is 14.6. The van der Waals surface area contributed by atoms with E-state index in [1.807, 2.05) is 0 Å². The molecule has 0 aliphatic heterocycles. The number of carbonyl (C=O) groups is 1. The van der Waals surface area contributed by atoms with E-state index in [2.05, 4.69) is 10.3 Å². The highest BCUT2D eigenvalue weighted by Gasteiger charge is 2.29. The normalized spacial score (nSPS) is 11.8. The first-order chi connectivity index (χ1) is 9.26. The van der Waals surface area contributed by atoms with Gasteiger partial charge in [0.25, 0.3) is 0 Å². The standard InChI is InChI=1S/C13H16ClFN4O/c1-13(2,11(20)17-3)6-19-10-4-7(14)8(15)5-9(10)18-12(19)16/h4-5H,6H2,1-3H3,(H2,16,18)(H,17,20). The summed E-state index contributed by atoms with van der Waals surface area (Å²) in [6, 6.07) is 2.70. The molecule has 0 fully saturated rings. The summed E-state index contributed by atoms with van der Waals surface area (Å²) in [5.41, 5.74) is 6.19. The van der Waals surface area contributed by atoms with Crippen molar-refractivity contribution in [1.29, 1.82) is 0 Å². The van der Waals surface area contributed by atoms with Gasteiger partial charge in [-0.25, -0.2) is 9.37 Å². The first-order valence-corrected chi connectivity index (χ1v) is 6.47. The Hall–Kier alpha value is -1.82. The second-order valence-electron chi connectivity index (χ2n) is 5.27. The van der Waals surface area contributed by atoms with Crippen LogP contribution in [0.25, 0.3) is 11.0 Å². The molecule has 1 aromatic carbocycles. The van der Waals surface area contributed by atoms with Gasteiger partial charge in [0.2, 0.25) is 11.9 Å². The summed E-state index contributed by atoms with van der Waals surface area (Å²) >= 11 is 5.79. The lowest BCUT2D eigenvalue weighted by atomic mass is 9.92. The molecular weight excluding hydrogens is 283 g/mol. The number of hydrogen-bond donors (Lipinski definition) is 2. The van der Waals surface area contributed by atoms with E-state index in [0.717, 1.165) is 0 Å². The number of fused-ring (bicyclic) bond motifs is 1. The van der Waals surface area contributed by atoms with Crippen LogP contribution in [-0.4, -0.2) is 22.5 Å². The summed E-state index contributed by atoms with van der Waals surface area (Å²) in [6.07, 6.45) is 0. The van der Waals surface area contributed by atoms with Crippen molar-refractivity contribution in [2.45, 2.75) is 20.4 Å². The molecule has 2 aromatic rings. The topological polar surface area (TPSA) is 72.9 Å². The smallest absolute Gasteiger partial charge is 0.227 e. The number of hydrogen-bond acceptors (Lipinski definition) is 3. The first-order valence-electron chi connectivity index (χ1n) is 6.09.